The molecule has 10 rings (SSSR count). The number of benzene rings is 2. The van der Waals surface area contributed by atoms with Gasteiger partial charge in [-0.15, -0.1) is 45.3 Å². The lowest BCUT2D eigenvalue weighted by molar-refractivity contribution is 0.103. The number of nitriles is 2. The number of halogens is 4. The Balaban J connectivity index is 1.10. The minimum absolute atomic E-state index is 0.00448. The number of Topliss-reactive ketones (excluding diaryl/α,β-unsaturated/α-hetero) is 2. The van der Waals surface area contributed by atoms with Crippen LogP contribution in [-0.4, -0.2) is 11.6 Å². The first-order chi connectivity index (χ1) is 28.0. The summed E-state index contributed by atoms with van der Waals surface area (Å²) in [6.45, 7) is 15.2. The van der Waals surface area contributed by atoms with Crippen LogP contribution in [0.5, 0.6) is 0 Å². The third-order valence-electron chi connectivity index (χ3n) is 11.3. The largest absolute Gasteiger partial charge is 0.289 e. The van der Waals surface area contributed by atoms with Crippen LogP contribution in [0.4, 0.5) is 17.6 Å². The van der Waals surface area contributed by atoms with E-state index in [-0.39, 0.29) is 50.2 Å². The highest BCUT2D eigenvalue weighted by atomic mass is 32.1. The molecule has 1 fully saturated rings. The van der Waals surface area contributed by atoms with Crippen molar-refractivity contribution in [2.75, 3.05) is 0 Å². The molecule has 0 N–H and O–H groups in total. The molecule has 0 amide bonds. The van der Waals surface area contributed by atoms with Gasteiger partial charge in [-0.1, -0.05) is 19.3 Å². The smallest absolute Gasteiger partial charge is 0.270 e. The summed E-state index contributed by atoms with van der Waals surface area (Å²) in [6.07, 6.45) is 9.88. The minimum atomic E-state index is -1.20. The lowest BCUT2D eigenvalue weighted by Gasteiger charge is -2.36. The van der Waals surface area contributed by atoms with Crippen molar-refractivity contribution >= 4 is 108 Å². The second-order valence-electron chi connectivity index (χ2n) is 14.2. The summed E-state index contributed by atoms with van der Waals surface area (Å²) >= 11 is 6.36. The van der Waals surface area contributed by atoms with Gasteiger partial charge >= 0.3 is 0 Å². The van der Waals surface area contributed by atoms with Gasteiger partial charge in [-0.3, -0.25) is 9.59 Å². The molecule has 0 bridgehead atoms. The number of hydrogen-bond donors (Lipinski definition) is 0. The van der Waals surface area contributed by atoms with Crippen LogP contribution in [0.3, 0.4) is 0 Å². The number of fused-ring (bicyclic) bond motifs is 10. The van der Waals surface area contributed by atoms with Gasteiger partial charge in [0.25, 0.3) is 11.4 Å². The van der Waals surface area contributed by atoms with Crippen LogP contribution in [0.2, 0.25) is 0 Å². The molecule has 6 aromatic rings. The van der Waals surface area contributed by atoms with Crippen molar-refractivity contribution in [1.82, 2.24) is 0 Å². The number of thiophene rings is 4. The molecular formula is C44H18F4N4O2S4. The predicted octanol–water partition coefficient (Wildman–Crippen LogP) is 13.0. The Kier molecular flexibility index (Phi) is 8.02. The van der Waals surface area contributed by atoms with Crippen molar-refractivity contribution in [2.24, 2.45) is 0 Å². The molecule has 0 aliphatic heterocycles. The van der Waals surface area contributed by atoms with Crippen LogP contribution < -0.4 is 0 Å². The van der Waals surface area contributed by atoms with Crippen molar-refractivity contribution in [1.29, 1.82) is 10.5 Å². The van der Waals surface area contributed by atoms with Crippen molar-refractivity contribution in [3.63, 3.8) is 0 Å². The van der Waals surface area contributed by atoms with Gasteiger partial charge < -0.3 is 0 Å². The lowest BCUT2D eigenvalue weighted by atomic mass is 9.67. The summed E-state index contributed by atoms with van der Waals surface area (Å²) in [4.78, 5) is 35.8. The predicted molar refractivity (Wildman–Crippen MR) is 219 cm³/mol. The van der Waals surface area contributed by atoms with Crippen molar-refractivity contribution in [3.8, 4) is 12.1 Å². The number of carbonyl (C=O) groups excluding carboxylic acids is 2. The highest BCUT2D eigenvalue weighted by Gasteiger charge is 2.46. The van der Waals surface area contributed by atoms with Crippen molar-refractivity contribution in [3.05, 3.63) is 148 Å². The minimum Gasteiger partial charge on any atom is -0.289 e. The SMILES string of the molecule is [C-]#[N+]/C(C#N)=C1\C(=C/c2cc3sc4c5sc6c(c5sc4c3s2)C2(CCCCC2)C(/C=C2\C(=O)c3cc(F)c(F)cc3\C2=C(\C#N)[N+]#[C-])=C6)C(=O)c2cc(F)c(F)cc21. The lowest BCUT2D eigenvalue weighted by Crippen LogP contribution is -2.28. The number of nitrogens with zero attached hydrogens (tertiary/aromatic N) is 4. The zero-order chi connectivity index (χ0) is 40.4. The maximum atomic E-state index is 14.5. The second-order valence-corrected chi connectivity index (χ2v) is 18.4. The first kappa shape index (κ1) is 36.1. The van der Waals surface area contributed by atoms with Gasteiger partial charge in [-0.25, -0.2) is 37.8 Å². The molecule has 2 aromatic carbocycles. The number of allylic oxidation sites excluding steroid dienone is 8. The number of rotatable bonds is 2. The Morgan fingerprint density at radius 3 is 1.72 bits per heavy atom. The summed E-state index contributed by atoms with van der Waals surface area (Å²) in [6, 6.07) is 8.95. The van der Waals surface area contributed by atoms with Gasteiger partial charge in [0.05, 0.1) is 48.8 Å². The van der Waals surface area contributed by atoms with Crippen LogP contribution in [0.15, 0.2) is 64.5 Å². The number of ketones is 2. The molecule has 4 aliphatic carbocycles. The van der Waals surface area contributed by atoms with E-state index in [0.29, 0.717) is 4.88 Å². The molecule has 0 radical (unpaired) electrons. The summed E-state index contributed by atoms with van der Waals surface area (Å²) in [5, 5.41) is 19.6. The molecule has 1 saturated carbocycles. The van der Waals surface area contributed by atoms with Crippen molar-refractivity contribution in [2.45, 2.75) is 37.5 Å². The van der Waals surface area contributed by atoms with E-state index in [1.54, 1.807) is 52.2 Å². The van der Waals surface area contributed by atoms with Gasteiger partial charge in [0.2, 0.25) is 0 Å². The zero-order valence-electron chi connectivity index (χ0n) is 29.4. The Hall–Kier alpha value is -6.26. The van der Waals surface area contributed by atoms with E-state index in [9.17, 15) is 37.7 Å². The van der Waals surface area contributed by atoms with Crippen LogP contribution in [0.1, 0.15) is 79.3 Å². The monoisotopic (exact) mass is 838 g/mol. The fourth-order valence-corrected chi connectivity index (χ4v) is 14.9. The van der Waals surface area contributed by atoms with Crippen LogP contribution in [0.25, 0.3) is 61.2 Å². The van der Waals surface area contributed by atoms with Crippen LogP contribution >= 0.6 is 45.3 Å². The van der Waals surface area contributed by atoms with Gasteiger partial charge in [0.15, 0.2) is 34.8 Å². The average molecular weight is 839 g/mol. The van der Waals surface area contributed by atoms with Crippen LogP contribution in [-0.2, 0) is 5.41 Å². The van der Waals surface area contributed by atoms with Gasteiger partial charge in [-0.05, 0) is 83.7 Å². The van der Waals surface area contributed by atoms with E-state index in [1.807, 2.05) is 12.1 Å². The van der Waals surface area contributed by atoms with Gasteiger partial charge in [0.1, 0.15) is 0 Å². The molecule has 0 atom stereocenters. The summed E-state index contributed by atoms with van der Waals surface area (Å²) in [5.74, 6) is -5.93. The van der Waals surface area contributed by atoms with Crippen molar-refractivity contribution < 1.29 is 27.2 Å². The first-order valence-corrected chi connectivity index (χ1v) is 21.0. The Labute approximate surface area is 342 Å². The highest BCUT2D eigenvalue weighted by molar-refractivity contribution is 7.44. The van der Waals surface area contributed by atoms with Gasteiger partial charge in [0, 0.05) is 53.3 Å². The zero-order valence-corrected chi connectivity index (χ0v) is 32.7. The summed E-state index contributed by atoms with van der Waals surface area (Å²) in [7, 11) is 0. The quantitative estimate of drug-likeness (QED) is 0.0752. The molecule has 6 nitrogen and oxygen atoms in total. The molecule has 4 aromatic heterocycles. The highest BCUT2D eigenvalue weighted by Crippen LogP contribution is 2.61. The maximum absolute atomic E-state index is 14.5. The first-order valence-electron chi connectivity index (χ1n) is 17.7. The van der Waals surface area contributed by atoms with Crippen LogP contribution in [0, 0.1) is 59.1 Å². The molecule has 58 heavy (non-hydrogen) atoms. The number of carbonyl (C=O) groups is 2. The third-order valence-corrected chi connectivity index (χ3v) is 16.6. The maximum Gasteiger partial charge on any atom is 0.270 e. The fourth-order valence-electron chi connectivity index (χ4n) is 8.88. The van der Waals surface area contributed by atoms with E-state index < -0.39 is 45.9 Å². The molecule has 1 spiro atoms. The van der Waals surface area contributed by atoms with Gasteiger partial charge in [-0.2, -0.15) is 0 Å². The summed E-state index contributed by atoms with van der Waals surface area (Å²) in [5.41, 5.74) is 0.686. The van der Waals surface area contributed by atoms with E-state index in [1.165, 1.54) is 16.9 Å². The summed E-state index contributed by atoms with van der Waals surface area (Å²) < 4.78 is 63.8. The average Bonchev–Trinajstić information content (AvgIpc) is 4.06. The molecule has 0 unspecified atom stereocenters. The molecular weight excluding hydrogens is 821 g/mol. The van der Waals surface area contributed by atoms with E-state index in [0.717, 1.165) is 95.0 Å². The van der Waals surface area contributed by atoms with E-state index in [4.69, 9.17) is 13.1 Å². The molecule has 4 heterocycles. The topological polar surface area (TPSA) is 90.4 Å². The fraction of sp³-hybridized carbons (Fsp3) is 0.136. The molecule has 0 saturated heterocycles. The van der Waals surface area contributed by atoms with E-state index >= 15 is 0 Å². The third kappa shape index (κ3) is 4.87. The molecule has 278 valence electrons. The Morgan fingerprint density at radius 2 is 1.17 bits per heavy atom. The van der Waals surface area contributed by atoms with E-state index in [2.05, 4.69) is 15.8 Å². The standard InChI is InChI=1S/C44H18F4N4O2S4/c1-51-30(16-49)34-20-12-26(45)28(47)14-22(20)37(53)24(34)8-18-9-32-36(44(18)6-4-3-5-7-44)40-42(56-32)43-41(58-40)39-33(57-43)11-19(55-39)10-25-35(31(17-50)52-2)21-13-27(46)29(48)15-23(21)38(25)54/h8-15H,3-7H2/b24-8-,25-10+,34-30+,35-31-. The normalized spacial score (nSPS) is 19.8. The molecule has 4 aliphatic rings. The Morgan fingerprint density at radius 1 is 0.655 bits per heavy atom. The Bertz CT molecular complexity index is 3320. The number of hydrogen-bond acceptors (Lipinski definition) is 8. The molecule has 14 heteroatoms. The second kappa shape index (κ2) is 12.9.